The number of hydrogen-bond acceptors (Lipinski definition) is 2. The van der Waals surface area contributed by atoms with E-state index in [1.807, 2.05) is 0 Å². The number of hydrogen-bond donors (Lipinski definition) is 1. The van der Waals surface area contributed by atoms with Crippen LogP contribution in [-0.2, 0) is 9.59 Å². The minimum Gasteiger partial charge on any atom is -0.480 e. The zero-order valence-corrected chi connectivity index (χ0v) is 8.55. The van der Waals surface area contributed by atoms with Crippen LogP contribution in [0.3, 0.4) is 0 Å². The molecule has 1 unspecified atom stereocenters. The van der Waals surface area contributed by atoms with Gasteiger partial charge in [0.25, 0.3) is 0 Å². The topological polar surface area (TPSA) is 54.4 Å². The van der Waals surface area contributed by atoms with Crippen LogP contribution in [0.4, 0.5) is 0 Å². The summed E-state index contributed by atoms with van der Waals surface area (Å²) in [4.78, 5) is 22.4. The van der Waals surface area contributed by atoms with E-state index in [4.69, 9.17) is 5.11 Å². The van der Waals surface area contributed by atoms with Crippen molar-refractivity contribution in [3.63, 3.8) is 0 Å². The highest BCUT2D eigenvalue weighted by molar-refractivity contribution is 6.08. The van der Waals surface area contributed by atoms with Gasteiger partial charge in [-0.15, -0.1) is 0 Å². The van der Waals surface area contributed by atoms with Gasteiger partial charge in [0.15, 0.2) is 5.78 Å². The van der Waals surface area contributed by atoms with Crippen molar-refractivity contribution in [2.24, 2.45) is 10.8 Å². The molecule has 0 aromatic rings. The van der Waals surface area contributed by atoms with Gasteiger partial charge < -0.3 is 5.11 Å². The van der Waals surface area contributed by atoms with Gasteiger partial charge in [0.1, 0.15) is 5.41 Å². The van der Waals surface area contributed by atoms with Crippen LogP contribution in [0.25, 0.3) is 0 Å². The van der Waals surface area contributed by atoms with E-state index in [9.17, 15) is 9.59 Å². The Labute approximate surface area is 78.5 Å². The number of carboxylic acid groups (broad SMARTS) is 1. The summed E-state index contributed by atoms with van der Waals surface area (Å²) in [5.41, 5.74) is -2.02. The molecule has 0 rings (SSSR count). The molecule has 1 atom stereocenters. The highest BCUT2D eigenvalue weighted by Gasteiger charge is 2.49. The third kappa shape index (κ3) is 1.79. The molecule has 0 bridgehead atoms. The summed E-state index contributed by atoms with van der Waals surface area (Å²) in [5, 5.41) is 9.00. The Kier molecular flexibility index (Phi) is 3.04. The van der Waals surface area contributed by atoms with Crippen LogP contribution < -0.4 is 0 Å². The molecule has 0 amide bonds. The Morgan fingerprint density at radius 2 is 1.62 bits per heavy atom. The summed E-state index contributed by atoms with van der Waals surface area (Å²) in [6.07, 6.45) is 1.07. The van der Waals surface area contributed by atoms with Crippen LogP contribution in [0.5, 0.6) is 0 Å². The van der Waals surface area contributed by atoms with Gasteiger partial charge in [0, 0.05) is 0 Å². The second kappa shape index (κ2) is 3.32. The van der Waals surface area contributed by atoms with Gasteiger partial charge in [0.05, 0.1) is 0 Å². The molecule has 3 heteroatoms. The molecular formula is C10H16O3. The molecule has 0 fully saturated rings. The lowest BCUT2D eigenvalue weighted by molar-refractivity contribution is -0.159. The largest absolute Gasteiger partial charge is 0.480 e. The van der Waals surface area contributed by atoms with Crippen LogP contribution in [0.15, 0.2) is 12.7 Å². The van der Waals surface area contributed by atoms with E-state index in [1.54, 1.807) is 20.8 Å². The van der Waals surface area contributed by atoms with Crippen molar-refractivity contribution in [2.45, 2.75) is 27.7 Å². The van der Waals surface area contributed by atoms with Crippen molar-refractivity contribution in [1.29, 1.82) is 0 Å². The van der Waals surface area contributed by atoms with Crippen molar-refractivity contribution in [2.75, 3.05) is 0 Å². The third-order valence-corrected chi connectivity index (χ3v) is 2.61. The molecular weight excluding hydrogens is 168 g/mol. The summed E-state index contributed by atoms with van der Waals surface area (Å²) >= 11 is 0. The Balaban J connectivity index is 5.32. The SMILES string of the molecule is C=CC(=O)C(C)(C(=O)O)C(C)(C)C. The number of carboxylic acids is 1. The first kappa shape index (κ1) is 11.9. The Hall–Kier alpha value is -1.12. The molecule has 0 aliphatic carbocycles. The van der Waals surface area contributed by atoms with Crippen molar-refractivity contribution in [3.05, 3.63) is 12.7 Å². The highest BCUT2D eigenvalue weighted by atomic mass is 16.4. The molecule has 0 aliphatic rings. The van der Waals surface area contributed by atoms with E-state index >= 15 is 0 Å². The Bertz CT molecular complexity index is 247. The van der Waals surface area contributed by atoms with Crippen molar-refractivity contribution in [3.8, 4) is 0 Å². The summed E-state index contributed by atoms with van der Waals surface area (Å²) < 4.78 is 0. The van der Waals surface area contributed by atoms with Gasteiger partial charge in [-0.25, -0.2) is 0 Å². The van der Waals surface area contributed by atoms with Gasteiger partial charge in [-0.3, -0.25) is 9.59 Å². The second-order valence-corrected chi connectivity index (χ2v) is 4.25. The minimum atomic E-state index is -1.39. The molecule has 74 valence electrons. The average Bonchev–Trinajstić information content (AvgIpc) is 1.98. The number of allylic oxidation sites excluding steroid dienone is 1. The lowest BCUT2D eigenvalue weighted by Gasteiger charge is -2.35. The van der Waals surface area contributed by atoms with Gasteiger partial charge in [-0.2, -0.15) is 0 Å². The zero-order valence-electron chi connectivity index (χ0n) is 8.55. The van der Waals surface area contributed by atoms with Gasteiger partial charge in [0.2, 0.25) is 0 Å². The van der Waals surface area contributed by atoms with Crippen molar-refractivity contribution < 1.29 is 14.7 Å². The number of ketones is 1. The first-order valence-electron chi connectivity index (χ1n) is 4.08. The Morgan fingerprint density at radius 1 is 1.23 bits per heavy atom. The van der Waals surface area contributed by atoms with Gasteiger partial charge >= 0.3 is 5.97 Å². The lowest BCUT2D eigenvalue weighted by atomic mass is 9.65. The van der Waals surface area contributed by atoms with Crippen molar-refractivity contribution in [1.82, 2.24) is 0 Å². The maximum Gasteiger partial charge on any atom is 0.317 e. The maximum atomic E-state index is 11.4. The van der Waals surface area contributed by atoms with Crippen LogP contribution in [0.1, 0.15) is 27.7 Å². The molecule has 0 spiro atoms. The quantitative estimate of drug-likeness (QED) is 0.538. The second-order valence-electron chi connectivity index (χ2n) is 4.25. The van der Waals surface area contributed by atoms with Crippen LogP contribution >= 0.6 is 0 Å². The zero-order chi connectivity index (χ0) is 10.9. The van der Waals surface area contributed by atoms with E-state index in [1.165, 1.54) is 6.92 Å². The van der Waals surface area contributed by atoms with E-state index in [-0.39, 0.29) is 0 Å². The fourth-order valence-electron chi connectivity index (χ4n) is 1.000. The monoisotopic (exact) mass is 184 g/mol. The molecule has 13 heavy (non-hydrogen) atoms. The molecule has 1 N–H and O–H groups in total. The molecule has 0 heterocycles. The fourth-order valence-corrected chi connectivity index (χ4v) is 1.000. The summed E-state index contributed by atoms with van der Waals surface area (Å²) in [5.74, 6) is -1.56. The van der Waals surface area contributed by atoms with Crippen LogP contribution in [-0.4, -0.2) is 16.9 Å². The maximum absolute atomic E-state index is 11.4. The minimum absolute atomic E-state index is 0.451. The predicted octanol–water partition coefficient (Wildman–Crippen LogP) is 1.88. The van der Waals surface area contributed by atoms with E-state index in [0.717, 1.165) is 6.08 Å². The van der Waals surface area contributed by atoms with Gasteiger partial charge in [-0.1, -0.05) is 27.4 Å². The molecule has 0 radical (unpaired) electrons. The smallest absolute Gasteiger partial charge is 0.317 e. The molecule has 3 nitrogen and oxygen atoms in total. The van der Waals surface area contributed by atoms with Crippen LogP contribution in [0, 0.1) is 10.8 Å². The molecule has 0 aliphatic heterocycles. The number of aliphatic carboxylic acids is 1. The summed E-state index contributed by atoms with van der Waals surface area (Å²) in [7, 11) is 0. The summed E-state index contributed by atoms with van der Waals surface area (Å²) in [6, 6.07) is 0. The molecule has 0 saturated carbocycles. The van der Waals surface area contributed by atoms with Gasteiger partial charge in [-0.05, 0) is 18.4 Å². The molecule has 0 aromatic carbocycles. The normalized spacial score (nSPS) is 16.0. The van der Waals surface area contributed by atoms with Crippen LogP contribution in [0.2, 0.25) is 0 Å². The third-order valence-electron chi connectivity index (χ3n) is 2.61. The van der Waals surface area contributed by atoms with E-state index in [0.29, 0.717) is 0 Å². The van der Waals surface area contributed by atoms with E-state index < -0.39 is 22.6 Å². The predicted molar refractivity (Wildman–Crippen MR) is 50.4 cm³/mol. The van der Waals surface area contributed by atoms with E-state index in [2.05, 4.69) is 6.58 Å². The Morgan fingerprint density at radius 3 is 1.69 bits per heavy atom. The first-order chi connectivity index (χ1) is 5.67. The number of carbonyl (C=O) groups excluding carboxylic acids is 1. The standard InChI is InChI=1S/C10H16O3/c1-6-7(11)10(5,8(12)13)9(2,3)4/h6H,1H2,2-5H3,(H,12,13). The number of carbonyl (C=O) groups is 2. The van der Waals surface area contributed by atoms with Crippen molar-refractivity contribution >= 4 is 11.8 Å². The highest BCUT2D eigenvalue weighted by Crippen LogP contribution is 2.39. The molecule has 0 saturated heterocycles. The number of rotatable bonds is 3. The lowest BCUT2D eigenvalue weighted by Crippen LogP contribution is -2.46. The average molecular weight is 184 g/mol. The molecule has 0 aromatic heterocycles. The fraction of sp³-hybridized carbons (Fsp3) is 0.600. The summed E-state index contributed by atoms with van der Waals surface area (Å²) in [6.45, 7) is 9.91. The first-order valence-corrected chi connectivity index (χ1v) is 4.08.